The minimum absolute atomic E-state index is 0.0305. The first-order valence-corrected chi connectivity index (χ1v) is 10.5. The van der Waals surface area contributed by atoms with E-state index in [1.54, 1.807) is 26.0 Å². The van der Waals surface area contributed by atoms with E-state index in [9.17, 15) is 14.7 Å². The van der Waals surface area contributed by atoms with Crippen LogP contribution in [0.2, 0.25) is 15.1 Å². The summed E-state index contributed by atoms with van der Waals surface area (Å²) >= 11 is 21.8. The molecule has 1 aromatic carbocycles. The molecule has 0 radical (unpaired) electrons. The van der Waals surface area contributed by atoms with Gasteiger partial charge in [0.25, 0.3) is 5.91 Å². The zero-order valence-electron chi connectivity index (χ0n) is 15.6. The number of carbonyl (C=O) groups excluding carboxylic acids is 1. The van der Waals surface area contributed by atoms with Crippen molar-refractivity contribution in [1.82, 2.24) is 14.8 Å². The van der Waals surface area contributed by atoms with Crippen molar-refractivity contribution in [2.24, 2.45) is 0 Å². The molecule has 0 unspecified atom stereocenters. The van der Waals surface area contributed by atoms with Crippen molar-refractivity contribution in [3.63, 3.8) is 0 Å². The van der Waals surface area contributed by atoms with Gasteiger partial charge in [-0.05, 0) is 54.0 Å². The molecule has 0 saturated heterocycles. The quantitative estimate of drug-likeness (QED) is 0.453. The third kappa shape index (κ3) is 4.32. The van der Waals surface area contributed by atoms with Gasteiger partial charge >= 0.3 is 5.97 Å². The molecule has 0 aliphatic heterocycles. The second-order valence-corrected chi connectivity index (χ2v) is 8.49. The van der Waals surface area contributed by atoms with Crippen molar-refractivity contribution in [1.29, 1.82) is 0 Å². The van der Waals surface area contributed by atoms with Gasteiger partial charge in [0.2, 0.25) is 0 Å². The van der Waals surface area contributed by atoms with E-state index in [2.05, 4.69) is 26.0 Å². The van der Waals surface area contributed by atoms with Crippen LogP contribution in [-0.4, -0.2) is 37.8 Å². The summed E-state index contributed by atoms with van der Waals surface area (Å²) in [7, 11) is 0. The number of anilines is 1. The normalized spacial score (nSPS) is 11.0. The molecule has 7 nitrogen and oxygen atoms in total. The Morgan fingerprint density at radius 2 is 1.87 bits per heavy atom. The minimum atomic E-state index is -1.27. The van der Waals surface area contributed by atoms with Crippen LogP contribution in [0.4, 0.5) is 5.69 Å². The number of pyridine rings is 1. The van der Waals surface area contributed by atoms with Gasteiger partial charge in [-0.15, -0.1) is 0 Å². The zero-order chi connectivity index (χ0) is 22.2. The summed E-state index contributed by atoms with van der Waals surface area (Å²) in [5.74, 6) is -1.57. The van der Waals surface area contributed by atoms with Crippen molar-refractivity contribution in [3.05, 3.63) is 67.5 Å². The number of hydrogen-bond acceptors (Lipinski definition) is 4. The fraction of sp³-hybridized carbons (Fsp3) is 0.158. The second kappa shape index (κ2) is 8.93. The number of halogens is 4. The number of amides is 1. The van der Waals surface area contributed by atoms with Gasteiger partial charge in [-0.1, -0.05) is 34.8 Å². The van der Waals surface area contributed by atoms with E-state index in [1.165, 1.54) is 34.0 Å². The Balaban J connectivity index is 2.22. The average molecular weight is 533 g/mol. The minimum Gasteiger partial charge on any atom is -0.478 e. The second-order valence-electron chi connectivity index (χ2n) is 6.43. The predicted octanol–water partition coefficient (Wildman–Crippen LogP) is 5.74. The summed E-state index contributed by atoms with van der Waals surface area (Å²) in [6, 6.07) is 6.95. The first kappa shape index (κ1) is 22.6. The number of benzene rings is 1. The number of carboxylic acids is 1. The third-order valence-corrected chi connectivity index (χ3v) is 5.26. The van der Waals surface area contributed by atoms with Gasteiger partial charge in [-0.25, -0.2) is 14.5 Å². The van der Waals surface area contributed by atoms with Crippen molar-refractivity contribution in [3.8, 4) is 5.82 Å². The topological polar surface area (TPSA) is 88.3 Å². The third-order valence-electron chi connectivity index (χ3n) is 4.07. The van der Waals surface area contributed by atoms with Crippen LogP contribution in [0.1, 0.15) is 34.7 Å². The molecule has 3 rings (SSSR count). The maximum Gasteiger partial charge on any atom is 0.337 e. The number of rotatable bonds is 5. The summed E-state index contributed by atoms with van der Waals surface area (Å²) in [5, 5.41) is 14.4. The van der Waals surface area contributed by atoms with Crippen molar-refractivity contribution < 1.29 is 14.7 Å². The summed E-state index contributed by atoms with van der Waals surface area (Å²) in [5.41, 5.74) is -0.0568. The van der Waals surface area contributed by atoms with Gasteiger partial charge < -0.3 is 10.0 Å². The van der Waals surface area contributed by atoms with E-state index >= 15 is 0 Å². The number of aromatic carboxylic acids is 1. The van der Waals surface area contributed by atoms with Gasteiger partial charge in [0.1, 0.15) is 10.3 Å². The smallest absolute Gasteiger partial charge is 0.337 e. The Bertz CT molecular complexity index is 1150. The van der Waals surface area contributed by atoms with Crippen LogP contribution in [0.15, 0.2) is 41.1 Å². The lowest BCUT2D eigenvalue weighted by atomic mass is 10.1. The fourth-order valence-electron chi connectivity index (χ4n) is 2.89. The van der Waals surface area contributed by atoms with Crippen molar-refractivity contribution >= 4 is 68.3 Å². The molecule has 0 aliphatic rings. The molecule has 2 heterocycles. The Kier molecular flexibility index (Phi) is 6.71. The molecule has 11 heteroatoms. The lowest BCUT2D eigenvalue weighted by Gasteiger charge is -2.29. The summed E-state index contributed by atoms with van der Waals surface area (Å²) in [4.78, 5) is 30.9. The maximum absolute atomic E-state index is 13.6. The number of carbonyl (C=O) groups is 2. The van der Waals surface area contributed by atoms with Gasteiger partial charge in [0, 0.05) is 23.3 Å². The largest absolute Gasteiger partial charge is 0.478 e. The highest BCUT2D eigenvalue weighted by Gasteiger charge is 2.31. The summed E-state index contributed by atoms with van der Waals surface area (Å²) in [6.07, 6.45) is 1.52. The first-order chi connectivity index (χ1) is 14.1. The molecule has 0 bridgehead atoms. The highest BCUT2D eigenvalue weighted by Crippen LogP contribution is 2.36. The van der Waals surface area contributed by atoms with Crippen LogP contribution in [0.25, 0.3) is 5.82 Å². The van der Waals surface area contributed by atoms with Crippen LogP contribution in [0, 0.1) is 0 Å². The van der Waals surface area contributed by atoms with E-state index in [1.807, 2.05) is 0 Å². The van der Waals surface area contributed by atoms with Gasteiger partial charge in [0.15, 0.2) is 5.82 Å². The van der Waals surface area contributed by atoms with Gasteiger partial charge in [-0.3, -0.25) is 4.79 Å². The van der Waals surface area contributed by atoms with Crippen LogP contribution >= 0.6 is 50.7 Å². The monoisotopic (exact) mass is 530 g/mol. The summed E-state index contributed by atoms with van der Waals surface area (Å²) in [6.45, 7) is 3.47. The molecule has 3 aromatic rings. The Hall–Kier alpha value is -2.13. The Morgan fingerprint density at radius 1 is 1.17 bits per heavy atom. The maximum atomic E-state index is 13.6. The van der Waals surface area contributed by atoms with Crippen LogP contribution in [0.5, 0.6) is 0 Å². The lowest BCUT2D eigenvalue weighted by Crippen LogP contribution is -2.39. The summed E-state index contributed by atoms with van der Waals surface area (Å²) < 4.78 is 1.66. The Labute approximate surface area is 195 Å². The zero-order valence-corrected chi connectivity index (χ0v) is 19.5. The van der Waals surface area contributed by atoms with E-state index in [0.29, 0.717) is 4.60 Å². The lowest BCUT2D eigenvalue weighted by molar-refractivity contribution is 0.0697. The van der Waals surface area contributed by atoms with E-state index in [0.717, 1.165) is 0 Å². The van der Waals surface area contributed by atoms with Gasteiger partial charge in [-0.2, -0.15) is 5.10 Å². The van der Waals surface area contributed by atoms with Crippen LogP contribution in [0.3, 0.4) is 0 Å². The van der Waals surface area contributed by atoms with E-state index in [-0.39, 0.29) is 37.8 Å². The number of aromatic nitrogens is 3. The molecular weight excluding hydrogens is 518 g/mol. The molecule has 1 N–H and O–H groups in total. The predicted molar refractivity (Wildman–Crippen MR) is 119 cm³/mol. The molecule has 2 aromatic heterocycles. The molecular formula is C19H14BrCl3N4O3. The molecule has 0 atom stereocenters. The van der Waals surface area contributed by atoms with Gasteiger partial charge in [0.05, 0.1) is 21.3 Å². The molecule has 0 aliphatic carbocycles. The molecule has 0 saturated carbocycles. The highest BCUT2D eigenvalue weighted by molar-refractivity contribution is 9.10. The number of carboxylic acid groups (broad SMARTS) is 1. The molecule has 0 spiro atoms. The highest BCUT2D eigenvalue weighted by atomic mass is 79.9. The average Bonchev–Trinajstić information content (AvgIpc) is 3.04. The number of nitrogens with zero attached hydrogens (tertiary/aromatic N) is 4. The number of hydrogen-bond donors (Lipinski definition) is 1. The van der Waals surface area contributed by atoms with Crippen molar-refractivity contribution in [2.75, 3.05) is 4.90 Å². The first-order valence-electron chi connectivity index (χ1n) is 8.54. The van der Waals surface area contributed by atoms with Crippen LogP contribution in [-0.2, 0) is 0 Å². The molecule has 30 heavy (non-hydrogen) atoms. The molecule has 1 amide bonds. The SMILES string of the molecule is CC(C)N(C(=O)c1cc(Br)nn1-c1ncccc1Cl)c1c(Cl)cc(Cl)cc1C(=O)O. The van der Waals surface area contributed by atoms with E-state index in [4.69, 9.17) is 34.8 Å². The molecule has 0 fully saturated rings. The van der Waals surface area contributed by atoms with Crippen molar-refractivity contribution in [2.45, 2.75) is 19.9 Å². The molecule has 156 valence electrons. The fourth-order valence-corrected chi connectivity index (χ4v) is 4.05. The Morgan fingerprint density at radius 3 is 2.47 bits per heavy atom. The standard InChI is InChI=1S/C19H14BrCl3N4O3/c1-9(2)26(16-11(19(29)30)6-10(21)7-13(16)23)18(28)14-8-15(20)25-27(14)17-12(22)4-3-5-24-17/h3-9H,1-2H3,(H,29,30). The van der Waals surface area contributed by atoms with E-state index < -0.39 is 17.9 Å². The van der Waals surface area contributed by atoms with Crippen LogP contribution < -0.4 is 4.90 Å².